The predicted octanol–water partition coefficient (Wildman–Crippen LogP) is 6.18. The molecular formula is C46H71ClN12O5S2Si. The maximum atomic E-state index is 12.6. The third-order valence-corrected chi connectivity index (χ3v) is 17.8. The Morgan fingerprint density at radius 3 is 1.72 bits per heavy atom. The number of sulfonamides is 1. The lowest BCUT2D eigenvalue weighted by molar-refractivity contribution is 0.0792. The van der Waals surface area contributed by atoms with Crippen LogP contribution in [0.1, 0.15) is 95.9 Å². The van der Waals surface area contributed by atoms with Gasteiger partial charge in [-0.25, -0.2) is 31.3 Å². The molecule has 0 radical (unpaired) electrons. The molecule has 4 heterocycles. The minimum absolute atomic E-state index is 0.128. The molecule has 2 fully saturated rings. The fourth-order valence-electron chi connectivity index (χ4n) is 10.3. The van der Waals surface area contributed by atoms with Gasteiger partial charge in [0, 0.05) is 62.9 Å². The number of nitrogens with two attached hydrogens (primary N) is 1. The fraction of sp³-hybridized carbons (Fsp3) is 0.652. The van der Waals surface area contributed by atoms with Crippen molar-refractivity contribution in [2.45, 2.75) is 145 Å². The Kier molecular flexibility index (Phi) is 16.5. The molecule has 67 heavy (non-hydrogen) atoms. The molecule has 2 aromatic heterocycles. The SMILES string of the molecule is C[Si](C)(C)CCOCn1nc(S(=O)(=O)Cl)nc1Nc1c2c(cc3c1CCC3)CCC2.NCCN1CCCC1.O=S(=O)(NCCN1CCCC1)c1nc(Nc2c3c(cc4c2CCC4)CCC3)n[nH]1. The van der Waals surface area contributed by atoms with Gasteiger partial charge < -0.3 is 30.9 Å². The second kappa shape index (κ2) is 22.1. The van der Waals surface area contributed by atoms with E-state index in [1.54, 1.807) is 0 Å². The topological polar surface area (TPSA) is 218 Å². The normalized spacial score (nSPS) is 18.0. The van der Waals surface area contributed by atoms with Crippen molar-refractivity contribution in [2.24, 2.45) is 5.73 Å². The molecule has 368 valence electrons. The summed E-state index contributed by atoms with van der Waals surface area (Å²) in [7, 11) is -3.42. The van der Waals surface area contributed by atoms with Crippen LogP contribution in [0.2, 0.25) is 25.7 Å². The van der Waals surface area contributed by atoms with Gasteiger partial charge in [-0.1, -0.05) is 31.8 Å². The third kappa shape index (κ3) is 12.8. The maximum absolute atomic E-state index is 12.6. The van der Waals surface area contributed by atoms with E-state index >= 15 is 0 Å². The number of rotatable bonds is 17. The molecule has 17 nitrogen and oxygen atoms in total. The van der Waals surface area contributed by atoms with Crippen molar-refractivity contribution in [1.29, 1.82) is 0 Å². The summed E-state index contributed by atoms with van der Waals surface area (Å²) in [5.41, 5.74) is 18.5. The van der Waals surface area contributed by atoms with Crippen molar-refractivity contribution in [2.75, 3.05) is 69.6 Å². The number of benzene rings is 2. The van der Waals surface area contributed by atoms with Gasteiger partial charge in [-0.05, 0) is 179 Å². The number of aryl methyl sites for hydroxylation is 4. The summed E-state index contributed by atoms with van der Waals surface area (Å²) in [6, 6.07) is 5.74. The van der Waals surface area contributed by atoms with Gasteiger partial charge in [0.05, 0.1) is 0 Å². The number of likely N-dealkylation sites (tertiary alicyclic amines) is 2. The van der Waals surface area contributed by atoms with Crippen molar-refractivity contribution in [3.8, 4) is 0 Å². The van der Waals surface area contributed by atoms with Crippen LogP contribution in [0.5, 0.6) is 0 Å². The van der Waals surface area contributed by atoms with Gasteiger partial charge in [0.25, 0.3) is 29.4 Å². The Hall–Kier alpha value is -3.47. The Morgan fingerprint density at radius 2 is 1.22 bits per heavy atom. The van der Waals surface area contributed by atoms with Crippen LogP contribution in [0.15, 0.2) is 22.4 Å². The molecule has 0 bridgehead atoms. The van der Waals surface area contributed by atoms with Crippen LogP contribution in [-0.2, 0) is 81.9 Å². The van der Waals surface area contributed by atoms with E-state index in [1.807, 2.05) is 0 Å². The second-order valence-electron chi connectivity index (χ2n) is 20.0. The number of hydrogen-bond donors (Lipinski definition) is 5. The van der Waals surface area contributed by atoms with Crippen molar-refractivity contribution in [3.63, 3.8) is 0 Å². The van der Waals surface area contributed by atoms with E-state index in [0.29, 0.717) is 25.0 Å². The standard InChI is InChI=1S/C20H29ClN4O3SSi.C20H28N6O2S.C6H14N2/c1-30(2,3)11-10-28-13-25-19(23-20(24-25)29(21,26)27)22-18-16-8-4-6-14(16)12-15-7-5-9-17(15)18;27-29(28,21-9-12-26-10-1-2-11-26)20-23-19(24-25-20)22-18-16-7-3-5-14(16)13-15-6-4-8-17(15)18;7-3-6-8-4-1-2-5-8/h12H,4-11,13H2,1-3H3,(H,22,23,24);13,21H,1-12H2,(H2,22,23,24,25);1-7H2. The molecule has 0 unspecified atom stereocenters. The van der Waals surface area contributed by atoms with E-state index in [2.05, 4.69) is 82.2 Å². The molecule has 2 aliphatic heterocycles. The molecule has 2 saturated heterocycles. The summed E-state index contributed by atoms with van der Waals surface area (Å²) in [4.78, 5) is 13.1. The molecule has 6 N–H and O–H groups in total. The van der Waals surface area contributed by atoms with E-state index in [-0.39, 0.29) is 11.9 Å². The number of H-pyrrole nitrogens is 1. The molecule has 10 rings (SSSR count). The zero-order valence-corrected chi connectivity index (χ0v) is 43.1. The second-order valence-corrected chi connectivity index (χ2v) is 29.7. The minimum Gasteiger partial charge on any atom is -0.359 e. The Bertz CT molecular complexity index is 2510. The third-order valence-electron chi connectivity index (χ3n) is 13.8. The molecule has 0 saturated carbocycles. The first-order valence-corrected chi connectivity index (χ1v) is 32.1. The van der Waals surface area contributed by atoms with Crippen LogP contribution >= 0.6 is 10.7 Å². The first kappa shape index (κ1) is 49.9. The van der Waals surface area contributed by atoms with Crippen molar-refractivity contribution >= 4 is 61.1 Å². The molecule has 0 atom stereocenters. The van der Waals surface area contributed by atoms with Gasteiger partial charge in [-0.3, -0.25) is 0 Å². The zero-order valence-electron chi connectivity index (χ0n) is 39.7. The van der Waals surface area contributed by atoms with E-state index in [9.17, 15) is 16.8 Å². The largest absolute Gasteiger partial charge is 0.359 e. The van der Waals surface area contributed by atoms with Gasteiger partial charge in [0.15, 0.2) is 0 Å². The maximum Gasteiger partial charge on any atom is 0.298 e. The van der Waals surface area contributed by atoms with E-state index in [1.165, 1.54) is 101 Å². The van der Waals surface area contributed by atoms with Gasteiger partial charge in [-0.15, -0.1) is 10.2 Å². The van der Waals surface area contributed by atoms with Crippen LogP contribution in [-0.4, -0.2) is 124 Å². The van der Waals surface area contributed by atoms with Gasteiger partial charge in [-0.2, -0.15) is 9.97 Å². The summed E-state index contributed by atoms with van der Waals surface area (Å²) in [5.74, 6) is 0.677. The van der Waals surface area contributed by atoms with Crippen LogP contribution < -0.4 is 21.1 Å². The number of aromatic nitrogens is 6. The number of halogens is 1. The monoisotopic (exact) mass is 998 g/mol. The number of nitrogens with zero attached hydrogens (tertiary/aromatic N) is 7. The highest BCUT2D eigenvalue weighted by atomic mass is 35.7. The number of hydrogen-bond acceptors (Lipinski definition) is 14. The molecular weight excluding hydrogens is 928 g/mol. The number of aromatic amines is 1. The molecule has 6 aliphatic rings. The van der Waals surface area contributed by atoms with Crippen molar-refractivity contribution < 1.29 is 21.6 Å². The summed E-state index contributed by atoms with van der Waals surface area (Å²) in [6.45, 7) is 15.3. The van der Waals surface area contributed by atoms with Crippen molar-refractivity contribution in [1.82, 2.24) is 44.5 Å². The highest BCUT2D eigenvalue weighted by Crippen LogP contribution is 2.41. The number of fused-ring (bicyclic) bond motifs is 4. The van der Waals surface area contributed by atoms with Crippen LogP contribution in [0.3, 0.4) is 0 Å². The first-order chi connectivity index (χ1) is 32.1. The fourth-order valence-corrected chi connectivity index (χ4v) is 12.5. The lowest BCUT2D eigenvalue weighted by Crippen LogP contribution is -2.33. The highest BCUT2D eigenvalue weighted by Gasteiger charge is 2.29. The Morgan fingerprint density at radius 1 is 0.716 bits per heavy atom. The van der Waals surface area contributed by atoms with Crippen LogP contribution in [0.4, 0.5) is 23.3 Å². The number of ether oxygens (including phenoxy) is 1. The molecule has 0 spiro atoms. The van der Waals surface area contributed by atoms with Crippen molar-refractivity contribution in [3.05, 3.63) is 56.6 Å². The van der Waals surface area contributed by atoms with E-state index in [4.69, 9.17) is 21.2 Å². The molecule has 0 amide bonds. The Labute approximate surface area is 402 Å². The van der Waals surface area contributed by atoms with Gasteiger partial charge >= 0.3 is 0 Å². The molecule has 4 aromatic rings. The Balaban J connectivity index is 0.000000156. The van der Waals surface area contributed by atoms with Crippen LogP contribution in [0.25, 0.3) is 0 Å². The molecule has 21 heteroatoms. The summed E-state index contributed by atoms with van der Waals surface area (Å²) < 4.78 is 58.7. The zero-order chi connectivity index (χ0) is 47.2. The van der Waals surface area contributed by atoms with E-state index < -0.39 is 32.3 Å². The average Bonchev–Trinajstić information content (AvgIpc) is 4.12. The number of anilines is 4. The van der Waals surface area contributed by atoms with Gasteiger partial charge in [0.1, 0.15) is 6.73 Å². The quantitative estimate of drug-likeness (QED) is 0.0454. The minimum atomic E-state index is -4.03. The summed E-state index contributed by atoms with van der Waals surface area (Å²) in [5, 5.41) is 17.1. The lowest BCUT2D eigenvalue weighted by Gasteiger charge is -2.18. The summed E-state index contributed by atoms with van der Waals surface area (Å²) >= 11 is 0. The first-order valence-electron chi connectivity index (χ1n) is 24.6. The smallest absolute Gasteiger partial charge is 0.298 e. The average molecular weight is 1000 g/mol. The predicted molar refractivity (Wildman–Crippen MR) is 267 cm³/mol. The summed E-state index contributed by atoms with van der Waals surface area (Å²) in [6.07, 6.45) is 18.3. The number of nitrogens with one attached hydrogen (secondary N) is 4. The van der Waals surface area contributed by atoms with Gasteiger partial charge in [0.2, 0.25) is 11.9 Å². The van der Waals surface area contributed by atoms with Crippen LogP contribution in [0, 0.1) is 0 Å². The highest BCUT2D eigenvalue weighted by molar-refractivity contribution is 8.13. The lowest BCUT2D eigenvalue weighted by atomic mass is 9.99. The van der Waals surface area contributed by atoms with E-state index in [0.717, 1.165) is 114 Å². The molecule has 2 aromatic carbocycles. The molecule has 4 aliphatic carbocycles.